The van der Waals surface area contributed by atoms with Crippen LogP contribution in [-0.2, 0) is 0 Å². The van der Waals surface area contributed by atoms with Gasteiger partial charge in [0.05, 0.1) is 16.2 Å². The van der Waals surface area contributed by atoms with Crippen LogP contribution in [0.25, 0.3) is 0 Å². The molecule has 1 atom stereocenters. The Hall–Kier alpha value is -0.920. The molecule has 1 unspecified atom stereocenters. The van der Waals surface area contributed by atoms with Crippen molar-refractivity contribution in [2.24, 2.45) is 0 Å². The third kappa shape index (κ3) is 2.51. The van der Waals surface area contributed by atoms with Gasteiger partial charge >= 0.3 is 0 Å². The summed E-state index contributed by atoms with van der Waals surface area (Å²) in [6.45, 7) is 0. The Morgan fingerprint density at radius 2 is 2.54 bits per heavy atom. The molecule has 1 heterocycles. The first-order valence-electron chi connectivity index (χ1n) is 3.85. The molecular formula is C9H10BrN3. The summed E-state index contributed by atoms with van der Waals surface area (Å²) in [6, 6.07) is 0.0855. The minimum atomic E-state index is 0.0855. The van der Waals surface area contributed by atoms with Crippen LogP contribution in [0.5, 0.6) is 0 Å². The van der Waals surface area contributed by atoms with E-state index < -0.39 is 0 Å². The lowest BCUT2D eigenvalue weighted by Gasteiger charge is -2.13. The van der Waals surface area contributed by atoms with Crippen LogP contribution >= 0.6 is 15.9 Å². The van der Waals surface area contributed by atoms with Gasteiger partial charge in [0.1, 0.15) is 6.33 Å². The second-order valence-corrected chi connectivity index (χ2v) is 3.36. The first kappa shape index (κ1) is 10.2. The van der Waals surface area contributed by atoms with E-state index in [-0.39, 0.29) is 6.04 Å². The van der Waals surface area contributed by atoms with Crippen molar-refractivity contribution in [3.63, 3.8) is 0 Å². The summed E-state index contributed by atoms with van der Waals surface area (Å²) >= 11 is 3.37. The van der Waals surface area contributed by atoms with Crippen molar-refractivity contribution in [3.05, 3.63) is 22.7 Å². The fourth-order valence-electron chi connectivity index (χ4n) is 1.03. The minimum absolute atomic E-state index is 0.0855. The number of rotatable bonds is 3. The molecule has 0 aliphatic rings. The van der Waals surface area contributed by atoms with E-state index in [0.717, 1.165) is 10.2 Å². The second kappa shape index (κ2) is 4.95. The van der Waals surface area contributed by atoms with Gasteiger partial charge in [0.2, 0.25) is 0 Å². The summed E-state index contributed by atoms with van der Waals surface area (Å²) in [5.74, 6) is 2.60. The molecule has 0 radical (unpaired) electrons. The maximum absolute atomic E-state index is 5.24. The van der Waals surface area contributed by atoms with Gasteiger partial charge in [-0.15, -0.1) is 12.3 Å². The summed E-state index contributed by atoms with van der Waals surface area (Å²) in [7, 11) is 1.86. The summed E-state index contributed by atoms with van der Waals surface area (Å²) in [5.41, 5.74) is 0.899. The SMILES string of the molecule is C#CCC(NC)c1ncncc1Br. The number of hydrogen-bond donors (Lipinski definition) is 1. The first-order chi connectivity index (χ1) is 6.29. The molecular weight excluding hydrogens is 230 g/mol. The van der Waals surface area contributed by atoms with E-state index in [1.54, 1.807) is 6.20 Å². The normalized spacial score (nSPS) is 12.1. The third-order valence-electron chi connectivity index (χ3n) is 1.70. The van der Waals surface area contributed by atoms with Gasteiger partial charge in [-0.2, -0.15) is 0 Å². The maximum atomic E-state index is 5.24. The van der Waals surface area contributed by atoms with Gasteiger partial charge in [-0.25, -0.2) is 9.97 Å². The molecule has 1 N–H and O–H groups in total. The topological polar surface area (TPSA) is 37.8 Å². The van der Waals surface area contributed by atoms with Crippen LogP contribution in [-0.4, -0.2) is 17.0 Å². The van der Waals surface area contributed by atoms with E-state index in [1.165, 1.54) is 6.33 Å². The lowest BCUT2D eigenvalue weighted by atomic mass is 10.1. The highest BCUT2D eigenvalue weighted by Gasteiger charge is 2.12. The predicted molar refractivity (Wildman–Crippen MR) is 55.0 cm³/mol. The Labute approximate surface area is 86.1 Å². The van der Waals surface area contributed by atoms with Crippen LogP contribution < -0.4 is 5.32 Å². The van der Waals surface area contributed by atoms with Crippen molar-refractivity contribution in [3.8, 4) is 12.3 Å². The number of aromatic nitrogens is 2. The highest BCUT2D eigenvalue weighted by atomic mass is 79.9. The Morgan fingerprint density at radius 1 is 1.77 bits per heavy atom. The van der Waals surface area contributed by atoms with E-state index in [0.29, 0.717) is 6.42 Å². The Balaban J connectivity index is 2.92. The average molecular weight is 240 g/mol. The lowest BCUT2D eigenvalue weighted by molar-refractivity contribution is 0.589. The average Bonchev–Trinajstić information content (AvgIpc) is 2.16. The van der Waals surface area contributed by atoms with Crippen molar-refractivity contribution in [2.75, 3.05) is 7.05 Å². The number of nitrogens with zero attached hydrogens (tertiary/aromatic N) is 2. The van der Waals surface area contributed by atoms with Crippen LogP contribution in [0.2, 0.25) is 0 Å². The number of terminal acetylenes is 1. The summed E-state index contributed by atoms with van der Waals surface area (Å²) in [6.07, 6.45) is 9.09. The van der Waals surface area contributed by atoms with E-state index >= 15 is 0 Å². The molecule has 0 spiro atoms. The summed E-state index contributed by atoms with van der Waals surface area (Å²) in [5, 5.41) is 3.10. The Kier molecular flexibility index (Phi) is 3.87. The quantitative estimate of drug-likeness (QED) is 0.814. The van der Waals surface area contributed by atoms with Crippen molar-refractivity contribution in [1.29, 1.82) is 0 Å². The molecule has 0 fully saturated rings. The molecule has 1 aromatic heterocycles. The van der Waals surface area contributed by atoms with Crippen molar-refractivity contribution in [1.82, 2.24) is 15.3 Å². The zero-order valence-corrected chi connectivity index (χ0v) is 8.87. The number of halogens is 1. The van der Waals surface area contributed by atoms with Crippen molar-refractivity contribution in [2.45, 2.75) is 12.5 Å². The van der Waals surface area contributed by atoms with Crippen LogP contribution in [0.1, 0.15) is 18.2 Å². The molecule has 4 heteroatoms. The molecule has 0 bridgehead atoms. The van der Waals surface area contributed by atoms with Crippen LogP contribution in [0, 0.1) is 12.3 Å². The molecule has 1 rings (SSSR count). The fraction of sp³-hybridized carbons (Fsp3) is 0.333. The molecule has 0 aromatic carbocycles. The zero-order valence-electron chi connectivity index (χ0n) is 7.29. The molecule has 0 saturated carbocycles. The van der Waals surface area contributed by atoms with Gasteiger partial charge in [-0.1, -0.05) is 0 Å². The molecule has 68 valence electrons. The molecule has 0 amide bonds. The summed E-state index contributed by atoms with van der Waals surface area (Å²) in [4.78, 5) is 8.04. The highest BCUT2D eigenvalue weighted by molar-refractivity contribution is 9.10. The second-order valence-electron chi connectivity index (χ2n) is 2.51. The summed E-state index contributed by atoms with van der Waals surface area (Å²) < 4.78 is 0.879. The Morgan fingerprint density at radius 3 is 3.08 bits per heavy atom. The van der Waals surface area contributed by atoms with Gasteiger partial charge < -0.3 is 5.32 Å². The van der Waals surface area contributed by atoms with Gasteiger partial charge in [0.15, 0.2) is 0 Å². The van der Waals surface area contributed by atoms with E-state index in [9.17, 15) is 0 Å². The molecule has 13 heavy (non-hydrogen) atoms. The highest BCUT2D eigenvalue weighted by Crippen LogP contribution is 2.21. The van der Waals surface area contributed by atoms with Gasteiger partial charge in [0, 0.05) is 12.6 Å². The fourth-order valence-corrected chi connectivity index (χ4v) is 1.53. The molecule has 1 aromatic rings. The van der Waals surface area contributed by atoms with E-state index in [1.807, 2.05) is 7.05 Å². The molecule has 3 nitrogen and oxygen atoms in total. The maximum Gasteiger partial charge on any atom is 0.115 e. The lowest BCUT2D eigenvalue weighted by Crippen LogP contribution is -2.17. The van der Waals surface area contributed by atoms with Crippen molar-refractivity contribution < 1.29 is 0 Å². The monoisotopic (exact) mass is 239 g/mol. The number of nitrogens with one attached hydrogen (secondary N) is 1. The molecule has 0 aliphatic carbocycles. The van der Waals surface area contributed by atoms with Crippen molar-refractivity contribution >= 4 is 15.9 Å². The van der Waals surface area contributed by atoms with Gasteiger partial charge in [-0.05, 0) is 23.0 Å². The van der Waals surface area contributed by atoms with Crippen LogP contribution in [0.4, 0.5) is 0 Å². The molecule has 0 saturated heterocycles. The van der Waals surface area contributed by atoms with Gasteiger partial charge in [-0.3, -0.25) is 0 Å². The van der Waals surface area contributed by atoms with E-state index in [2.05, 4.69) is 37.1 Å². The molecule has 0 aliphatic heterocycles. The smallest absolute Gasteiger partial charge is 0.115 e. The minimum Gasteiger partial charge on any atom is -0.311 e. The van der Waals surface area contributed by atoms with Crippen LogP contribution in [0.3, 0.4) is 0 Å². The predicted octanol–water partition coefficient (Wildman–Crippen LogP) is 1.52. The first-order valence-corrected chi connectivity index (χ1v) is 4.65. The van der Waals surface area contributed by atoms with E-state index in [4.69, 9.17) is 6.42 Å². The number of hydrogen-bond acceptors (Lipinski definition) is 3. The third-order valence-corrected chi connectivity index (χ3v) is 2.31. The zero-order chi connectivity index (χ0) is 9.68. The Bertz CT molecular complexity index is 319. The largest absolute Gasteiger partial charge is 0.311 e. The van der Waals surface area contributed by atoms with Gasteiger partial charge in [0.25, 0.3) is 0 Å². The van der Waals surface area contributed by atoms with Crippen LogP contribution in [0.15, 0.2) is 17.0 Å². The standard InChI is InChI=1S/C9H10BrN3/c1-3-4-8(11-2)9-7(10)5-12-6-13-9/h1,5-6,8,11H,4H2,2H3.